The minimum atomic E-state index is -0.651. The molecule has 1 aromatic carbocycles. The van der Waals surface area contributed by atoms with Gasteiger partial charge in [-0.2, -0.15) is 0 Å². The van der Waals surface area contributed by atoms with Crippen molar-refractivity contribution in [3.8, 4) is 0 Å². The fourth-order valence-electron chi connectivity index (χ4n) is 3.49. The predicted molar refractivity (Wildman–Crippen MR) is 84.4 cm³/mol. The van der Waals surface area contributed by atoms with Gasteiger partial charge in [0.2, 0.25) is 0 Å². The van der Waals surface area contributed by atoms with Gasteiger partial charge in [-0.15, -0.1) is 0 Å². The third kappa shape index (κ3) is 2.47. The summed E-state index contributed by atoms with van der Waals surface area (Å²) in [6, 6.07) is 4.27. The van der Waals surface area contributed by atoms with Gasteiger partial charge in [0.1, 0.15) is 5.82 Å². The summed E-state index contributed by atoms with van der Waals surface area (Å²) in [5.41, 5.74) is 6.00. The first-order chi connectivity index (χ1) is 10.6. The van der Waals surface area contributed by atoms with Gasteiger partial charge in [0, 0.05) is 23.4 Å². The Hall–Kier alpha value is -1.63. The molecular formula is C15H19FN3O2S+. The summed E-state index contributed by atoms with van der Waals surface area (Å²) in [5.74, 6) is 0.735. The summed E-state index contributed by atoms with van der Waals surface area (Å²) in [5, 5.41) is 0.494. The van der Waals surface area contributed by atoms with Crippen molar-refractivity contribution in [1.29, 1.82) is 0 Å². The van der Waals surface area contributed by atoms with Crippen molar-refractivity contribution in [1.82, 2.24) is 0 Å². The number of rotatable bonds is 3. The van der Waals surface area contributed by atoms with Crippen molar-refractivity contribution in [2.75, 3.05) is 12.9 Å². The Morgan fingerprint density at radius 1 is 1.50 bits per heavy atom. The maximum absolute atomic E-state index is 14.5. The third-order valence-corrected chi connectivity index (χ3v) is 5.53. The van der Waals surface area contributed by atoms with Gasteiger partial charge in [0.05, 0.1) is 10.4 Å². The molecule has 0 bridgehead atoms. The van der Waals surface area contributed by atoms with Gasteiger partial charge in [0.25, 0.3) is 4.92 Å². The van der Waals surface area contributed by atoms with Crippen LogP contribution in [-0.4, -0.2) is 23.0 Å². The van der Waals surface area contributed by atoms with Gasteiger partial charge < -0.3 is 5.73 Å². The van der Waals surface area contributed by atoms with Gasteiger partial charge in [-0.3, -0.25) is 4.99 Å². The Balaban J connectivity index is 2.14. The number of hydrogen-bond donors (Lipinski definition) is 1. The zero-order valence-electron chi connectivity index (χ0n) is 12.4. The summed E-state index contributed by atoms with van der Waals surface area (Å²) in [7, 11) is 1.28. The lowest BCUT2D eigenvalue weighted by atomic mass is 9.69. The predicted octanol–water partition coefficient (Wildman–Crippen LogP) is 3.24. The van der Waals surface area contributed by atoms with Crippen molar-refractivity contribution in [2.45, 2.75) is 31.2 Å². The van der Waals surface area contributed by atoms with E-state index in [4.69, 9.17) is 5.73 Å². The van der Waals surface area contributed by atoms with E-state index in [-0.39, 0.29) is 17.4 Å². The second kappa shape index (κ2) is 5.87. The van der Waals surface area contributed by atoms with Gasteiger partial charge in [-0.25, -0.2) is 9.23 Å². The highest BCUT2D eigenvalue weighted by atomic mass is 32.2. The van der Waals surface area contributed by atoms with Crippen molar-refractivity contribution in [3.63, 3.8) is 0 Å². The highest BCUT2D eigenvalue weighted by Crippen LogP contribution is 2.50. The third-order valence-electron chi connectivity index (χ3n) is 4.57. The molecule has 1 fully saturated rings. The number of hydrogen-bond acceptors (Lipinski definition) is 5. The quantitative estimate of drug-likeness (QED) is 0.867. The highest BCUT2D eigenvalue weighted by Gasteiger charge is 2.46. The van der Waals surface area contributed by atoms with Crippen LogP contribution < -0.4 is 5.73 Å². The van der Waals surface area contributed by atoms with Crippen LogP contribution in [0.2, 0.25) is 0 Å². The molecule has 3 rings (SSSR count). The Kier molecular flexibility index (Phi) is 4.08. The number of halogens is 1. The molecule has 1 aliphatic heterocycles. The first-order valence-corrected chi connectivity index (χ1v) is 8.35. The molecule has 0 spiro atoms. The first kappa shape index (κ1) is 15.3. The molecule has 1 aromatic rings. The van der Waals surface area contributed by atoms with E-state index in [1.54, 1.807) is 6.07 Å². The molecule has 0 aromatic heterocycles. The lowest BCUT2D eigenvalue weighted by Crippen LogP contribution is -2.43. The molecule has 2 atom stereocenters. The van der Waals surface area contributed by atoms with Gasteiger partial charge >= 0.3 is 5.69 Å². The van der Waals surface area contributed by atoms with Crippen molar-refractivity contribution < 1.29 is 14.2 Å². The molecule has 0 radical (unpaired) electrons. The first-order valence-electron chi connectivity index (χ1n) is 7.36. The molecule has 22 heavy (non-hydrogen) atoms. The van der Waals surface area contributed by atoms with Crippen LogP contribution in [0.4, 0.5) is 10.1 Å². The smallest absolute Gasteiger partial charge is 0.317 e. The molecule has 1 saturated carbocycles. The van der Waals surface area contributed by atoms with E-state index in [1.807, 2.05) is 0 Å². The van der Waals surface area contributed by atoms with E-state index in [0.717, 1.165) is 31.4 Å². The number of benzene rings is 1. The largest absolute Gasteiger partial charge is 0.379 e. The van der Waals surface area contributed by atoms with E-state index in [9.17, 15) is 9.30 Å². The Morgan fingerprint density at radius 2 is 2.32 bits per heavy atom. The summed E-state index contributed by atoms with van der Waals surface area (Å²) < 4.78 is 14.5. The molecule has 5 nitrogen and oxygen atoms in total. The lowest BCUT2D eigenvalue weighted by Gasteiger charge is -2.44. The number of nitrogens with two attached hydrogens (primary N) is 1. The normalized spacial score (nSPS) is 27.7. The summed E-state index contributed by atoms with van der Waals surface area (Å²) in [6.45, 7) is 0. The maximum Gasteiger partial charge on any atom is 0.317 e. The minimum absolute atomic E-state index is 0.242. The fraction of sp³-hybridized carbons (Fsp3) is 0.533. The van der Waals surface area contributed by atoms with Crippen LogP contribution >= 0.6 is 11.8 Å². The molecule has 118 valence electrons. The van der Waals surface area contributed by atoms with Crippen molar-refractivity contribution >= 4 is 22.6 Å². The number of thioether (sulfide) groups is 1. The van der Waals surface area contributed by atoms with Gasteiger partial charge in [-0.1, -0.05) is 24.6 Å². The van der Waals surface area contributed by atoms with Crippen LogP contribution in [0.5, 0.6) is 0 Å². The van der Waals surface area contributed by atoms with Gasteiger partial charge in [0.15, 0.2) is 12.3 Å². The molecule has 2 unspecified atom stereocenters. The Labute approximate surface area is 132 Å². The van der Waals surface area contributed by atoms with Crippen molar-refractivity contribution in [3.05, 3.63) is 34.5 Å². The maximum atomic E-state index is 14.5. The monoisotopic (exact) mass is 324 g/mol. The summed E-state index contributed by atoms with van der Waals surface area (Å²) in [4.78, 5) is 21.4. The average molecular weight is 324 g/mol. The highest BCUT2D eigenvalue weighted by molar-refractivity contribution is 8.13. The van der Waals surface area contributed by atoms with Crippen LogP contribution in [0, 0.1) is 16.6 Å². The zero-order valence-corrected chi connectivity index (χ0v) is 13.2. The van der Waals surface area contributed by atoms with Crippen LogP contribution in [0.25, 0.3) is 0 Å². The van der Waals surface area contributed by atoms with E-state index in [1.165, 1.54) is 31.0 Å². The van der Waals surface area contributed by atoms with Crippen LogP contribution in [-0.2, 0) is 10.4 Å². The zero-order chi connectivity index (χ0) is 15.7. The Morgan fingerprint density at radius 3 is 3.09 bits per heavy atom. The topological polar surface area (TPSA) is 67.7 Å². The molecule has 0 amide bonds. The number of nitrogens with zero attached hydrogens (tertiary/aromatic N) is 2. The SMILES string of the molecule is CO[N+](=O)c1ccc(F)c(C23CCCCC2CSC(N)=N3)c1. The van der Waals surface area contributed by atoms with Crippen LogP contribution in [0.1, 0.15) is 31.2 Å². The number of amidine groups is 1. The lowest BCUT2D eigenvalue weighted by molar-refractivity contribution is -0.736. The molecule has 2 aliphatic rings. The minimum Gasteiger partial charge on any atom is -0.379 e. The molecule has 1 heterocycles. The second-order valence-electron chi connectivity index (χ2n) is 5.73. The van der Waals surface area contributed by atoms with E-state index in [0.29, 0.717) is 15.7 Å². The van der Waals surface area contributed by atoms with E-state index in [2.05, 4.69) is 9.83 Å². The molecule has 1 aliphatic carbocycles. The van der Waals surface area contributed by atoms with Crippen LogP contribution in [0.3, 0.4) is 0 Å². The Bertz CT molecular complexity index is 637. The van der Waals surface area contributed by atoms with E-state index >= 15 is 0 Å². The average Bonchev–Trinajstić information content (AvgIpc) is 2.54. The summed E-state index contributed by atoms with van der Waals surface area (Å²) >= 11 is 1.53. The summed E-state index contributed by atoms with van der Waals surface area (Å²) in [6.07, 6.45) is 3.85. The number of fused-ring (bicyclic) bond motifs is 1. The molecule has 0 saturated heterocycles. The molecule has 7 heteroatoms. The molecule has 2 N–H and O–H groups in total. The second-order valence-corrected chi connectivity index (χ2v) is 6.77. The standard InChI is InChI=1S/C15H19FN3O2S/c1-21-19(20)11-5-6-13(16)12(8-11)15-7-3-2-4-10(15)9-22-14(17)18-15/h5-6,8,10H,2-4,7,9H2,1H3,(H2,17,18)/q+1. The molecular weight excluding hydrogens is 305 g/mol. The number of aliphatic imine (C=N–C) groups is 1. The van der Waals surface area contributed by atoms with Crippen LogP contribution in [0.15, 0.2) is 23.2 Å². The van der Waals surface area contributed by atoms with Gasteiger partial charge in [-0.05, 0) is 24.8 Å². The fourth-order valence-corrected chi connectivity index (χ4v) is 4.53. The van der Waals surface area contributed by atoms with E-state index < -0.39 is 5.54 Å². The van der Waals surface area contributed by atoms with Crippen molar-refractivity contribution in [2.24, 2.45) is 16.6 Å².